The van der Waals surface area contributed by atoms with Gasteiger partial charge < -0.3 is 15.7 Å². The van der Waals surface area contributed by atoms with Crippen molar-refractivity contribution < 1.29 is 19.5 Å². The predicted octanol–water partition coefficient (Wildman–Crippen LogP) is 2.94. The van der Waals surface area contributed by atoms with Gasteiger partial charge in [-0.05, 0) is 50.1 Å². The van der Waals surface area contributed by atoms with Crippen molar-refractivity contribution in [3.63, 3.8) is 0 Å². The Morgan fingerprint density at radius 3 is 1.89 bits per heavy atom. The van der Waals surface area contributed by atoms with E-state index in [0.717, 1.165) is 0 Å². The van der Waals surface area contributed by atoms with E-state index in [9.17, 15) is 19.5 Å². The number of hydrogen-bond donors (Lipinski definition) is 3. The van der Waals surface area contributed by atoms with E-state index in [0.29, 0.717) is 11.1 Å². The van der Waals surface area contributed by atoms with E-state index >= 15 is 0 Å². The molecule has 142 valence electrons. The van der Waals surface area contributed by atoms with Gasteiger partial charge in [0.2, 0.25) is 0 Å². The molecule has 6 heteroatoms. The van der Waals surface area contributed by atoms with Crippen molar-refractivity contribution in [2.45, 2.75) is 38.8 Å². The Morgan fingerprint density at radius 1 is 0.926 bits per heavy atom. The van der Waals surface area contributed by atoms with E-state index in [4.69, 9.17) is 0 Å². The summed E-state index contributed by atoms with van der Waals surface area (Å²) >= 11 is 0. The van der Waals surface area contributed by atoms with Crippen LogP contribution in [0.4, 0.5) is 0 Å². The molecule has 0 radical (unpaired) electrons. The normalized spacial score (nSPS) is 12.9. The van der Waals surface area contributed by atoms with E-state index in [1.165, 1.54) is 12.1 Å². The SMILES string of the molecule is CCC(NC(=O)c1ccc(C(=O)NC(C)C)cc1)(C(=O)O)c1ccccc1. The monoisotopic (exact) mass is 368 g/mol. The van der Waals surface area contributed by atoms with Crippen LogP contribution in [0.3, 0.4) is 0 Å². The third kappa shape index (κ3) is 4.53. The topological polar surface area (TPSA) is 95.5 Å². The Morgan fingerprint density at radius 2 is 1.44 bits per heavy atom. The Bertz CT molecular complexity index is 816. The van der Waals surface area contributed by atoms with Crippen LogP contribution in [-0.4, -0.2) is 28.9 Å². The largest absolute Gasteiger partial charge is 0.479 e. The quantitative estimate of drug-likeness (QED) is 0.700. The molecule has 2 amide bonds. The smallest absolute Gasteiger partial charge is 0.334 e. The van der Waals surface area contributed by atoms with Crippen molar-refractivity contribution in [3.8, 4) is 0 Å². The number of nitrogens with one attached hydrogen (secondary N) is 2. The number of amides is 2. The van der Waals surface area contributed by atoms with Crippen molar-refractivity contribution >= 4 is 17.8 Å². The number of benzene rings is 2. The van der Waals surface area contributed by atoms with Crippen LogP contribution in [-0.2, 0) is 10.3 Å². The molecule has 6 nitrogen and oxygen atoms in total. The number of carbonyl (C=O) groups is 3. The maximum Gasteiger partial charge on any atom is 0.334 e. The minimum Gasteiger partial charge on any atom is -0.479 e. The molecule has 0 heterocycles. The predicted molar refractivity (Wildman–Crippen MR) is 103 cm³/mol. The molecule has 0 aliphatic carbocycles. The molecule has 0 bridgehead atoms. The molecule has 0 saturated carbocycles. The Kier molecular flexibility index (Phi) is 6.34. The van der Waals surface area contributed by atoms with E-state index in [1.54, 1.807) is 49.4 Å². The summed E-state index contributed by atoms with van der Waals surface area (Å²) < 4.78 is 0. The summed E-state index contributed by atoms with van der Waals surface area (Å²) in [6.45, 7) is 5.43. The summed E-state index contributed by atoms with van der Waals surface area (Å²) in [6.07, 6.45) is 0.187. The first-order valence-corrected chi connectivity index (χ1v) is 8.82. The molecule has 0 saturated heterocycles. The van der Waals surface area contributed by atoms with Crippen molar-refractivity contribution in [1.29, 1.82) is 0 Å². The maximum atomic E-state index is 12.7. The number of carboxylic acid groups (broad SMARTS) is 1. The van der Waals surface area contributed by atoms with Crippen molar-refractivity contribution in [2.24, 2.45) is 0 Å². The molecule has 1 atom stereocenters. The van der Waals surface area contributed by atoms with Gasteiger partial charge in [-0.2, -0.15) is 0 Å². The van der Waals surface area contributed by atoms with Crippen LogP contribution in [0.2, 0.25) is 0 Å². The highest BCUT2D eigenvalue weighted by molar-refractivity contribution is 6.00. The van der Waals surface area contributed by atoms with Crippen molar-refractivity contribution in [2.75, 3.05) is 0 Å². The molecular weight excluding hydrogens is 344 g/mol. The molecule has 27 heavy (non-hydrogen) atoms. The number of hydrogen-bond acceptors (Lipinski definition) is 3. The zero-order chi connectivity index (χ0) is 20.0. The average Bonchev–Trinajstić information content (AvgIpc) is 2.66. The number of aliphatic carboxylic acids is 1. The molecule has 0 fully saturated rings. The molecule has 0 aliphatic rings. The lowest BCUT2D eigenvalue weighted by molar-refractivity contribution is -0.145. The Labute approximate surface area is 158 Å². The molecule has 0 aromatic heterocycles. The minimum atomic E-state index is -1.52. The average molecular weight is 368 g/mol. The van der Waals surface area contributed by atoms with Crippen LogP contribution in [0.1, 0.15) is 53.5 Å². The fourth-order valence-electron chi connectivity index (χ4n) is 2.80. The van der Waals surface area contributed by atoms with Gasteiger partial charge in [0.15, 0.2) is 5.54 Å². The van der Waals surface area contributed by atoms with Crippen LogP contribution >= 0.6 is 0 Å². The number of rotatable bonds is 7. The van der Waals surface area contributed by atoms with Gasteiger partial charge in [-0.1, -0.05) is 37.3 Å². The van der Waals surface area contributed by atoms with E-state index in [-0.39, 0.29) is 23.9 Å². The van der Waals surface area contributed by atoms with E-state index < -0.39 is 17.4 Å². The summed E-state index contributed by atoms with van der Waals surface area (Å²) in [5.74, 6) is -1.87. The summed E-state index contributed by atoms with van der Waals surface area (Å²) in [7, 11) is 0. The summed E-state index contributed by atoms with van der Waals surface area (Å²) in [6, 6.07) is 14.7. The molecular formula is C21H24N2O4. The van der Waals surface area contributed by atoms with Gasteiger partial charge in [-0.25, -0.2) is 4.79 Å². The highest BCUT2D eigenvalue weighted by Gasteiger charge is 2.40. The standard InChI is InChI=1S/C21H24N2O4/c1-4-21(20(26)27,17-8-6-5-7-9-17)23-19(25)16-12-10-15(11-13-16)18(24)22-14(2)3/h5-14H,4H2,1-3H3,(H,22,24)(H,23,25)(H,26,27). The first-order valence-electron chi connectivity index (χ1n) is 8.82. The fraction of sp³-hybridized carbons (Fsp3) is 0.286. The zero-order valence-electron chi connectivity index (χ0n) is 15.7. The van der Waals surface area contributed by atoms with Gasteiger partial charge in [0.1, 0.15) is 0 Å². The van der Waals surface area contributed by atoms with Gasteiger partial charge in [0, 0.05) is 17.2 Å². The second-order valence-electron chi connectivity index (χ2n) is 6.59. The maximum absolute atomic E-state index is 12.7. The van der Waals surface area contributed by atoms with E-state index in [1.807, 2.05) is 13.8 Å². The van der Waals surface area contributed by atoms with Crippen LogP contribution in [0.25, 0.3) is 0 Å². The lowest BCUT2D eigenvalue weighted by Gasteiger charge is -2.30. The highest BCUT2D eigenvalue weighted by atomic mass is 16.4. The van der Waals surface area contributed by atoms with Gasteiger partial charge in [0.25, 0.3) is 11.8 Å². The summed E-state index contributed by atoms with van der Waals surface area (Å²) in [5, 5.41) is 15.2. The molecule has 0 spiro atoms. The lowest BCUT2D eigenvalue weighted by atomic mass is 9.87. The first-order chi connectivity index (χ1) is 12.8. The molecule has 3 N–H and O–H groups in total. The van der Waals surface area contributed by atoms with Crippen LogP contribution in [0, 0.1) is 0 Å². The molecule has 2 aromatic carbocycles. The van der Waals surface area contributed by atoms with Gasteiger partial charge in [-0.3, -0.25) is 9.59 Å². The zero-order valence-corrected chi connectivity index (χ0v) is 15.7. The molecule has 2 aromatic rings. The summed E-state index contributed by atoms with van der Waals surface area (Å²) in [5.41, 5.74) is -0.304. The molecule has 0 aliphatic heterocycles. The lowest BCUT2D eigenvalue weighted by Crippen LogP contribution is -2.51. The van der Waals surface area contributed by atoms with Gasteiger partial charge in [-0.15, -0.1) is 0 Å². The van der Waals surface area contributed by atoms with Gasteiger partial charge in [0.05, 0.1) is 0 Å². The second kappa shape index (κ2) is 8.49. The highest BCUT2D eigenvalue weighted by Crippen LogP contribution is 2.26. The Hall–Kier alpha value is -3.15. The minimum absolute atomic E-state index is 0.00656. The first kappa shape index (κ1) is 20.2. The second-order valence-corrected chi connectivity index (χ2v) is 6.59. The van der Waals surface area contributed by atoms with Crippen LogP contribution in [0.5, 0.6) is 0 Å². The Balaban J connectivity index is 2.26. The van der Waals surface area contributed by atoms with Gasteiger partial charge >= 0.3 is 5.97 Å². The number of carbonyl (C=O) groups excluding carboxylic acids is 2. The third-order valence-corrected chi connectivity index (χ3v) is 4.32. The molecule has 2 rings (SSSR count). The fourth-order valence-corrected chi connectivity index (χ4v) is 2.80. The van der Waals surface area contributed by atoms with Crippen LogP contribution in [0.15, 0.2) is 54.6 Å². The summed E-state index contributed by atoms with van der Waals surface area (Å²) in [4.78, 5) is 36.7. The van der Waals surface area contributed by atoms with E-state index in [2.05, 4.69) is 10.6 Å². The van der Waals surface area contributed by atoms with Crippen LogP contribution < -0.4 is 10.6 Å². The molecule has 1 unspecified atom stereocenters. The third-order valence-electron chi connectivity index (χ3n) is 4.32. The van der Waals surface area contributed by atoms with Crippen molar-refractivity contribution in [1.82, 2.24) is 10.6 Å². The van der Waals surface area contributed by atoms with Crippen molar-refractivity contribution in [3.05, 3.63) is 71.3 Å². The number of carboxylic acids is 1.